The van der Waals surface area contributed by atoms with Crippen molar-refractivity contribution in [2.45, 2.75) is 11.8 Å². The van der Waals surface area contributed by atoms with Crippen LogP contribution in [0.4, 0.5) is 4.79 Å². The van der Waals surface area contributed by atoms with Crippen LogP contribution in [0.5, 0.6) is 5.88 Å². The monoisotopic (exact) mass is 281 g/mol. The van der Waals surface area contributed by atoms with E-state index in [2.05, 4.69) is 15.9 Å². The van der Waals surface area contributed by atoms with E-state index in [0.717, 1.165) is 0 Å². The molecule has 0 unspecified atom stereocenters. The first-order valence-electron chi connectivity index (χ1n) is 5.39. The Kier molecular flexibility index (Phi) is 6.12. The van der Waals surface area contributed by atoms with Gasteiger partial charge in [0.15, 0.2) is 5.16 Å². The molecule has 0 atom stereocenters. The Morgan fingerprint density at radius 1 is 1.53 bits per heavy atom. The lowest BCUT2D eigenvalue weighted by molar-refractivity contribution is 0.167. The standard InChI is InChI=1S/C12H15N3O3S/c1-5-6-19-11-13-9(8-17-4)7-10(14-11)18-12(16)15(2)3/h1,7H,6,8H2,2-4H3. The maximum atomic E-state index is 11.5. The van der Waals surface area contributed by atoms with E-state index >= 15 is 0 Å². The predicted molar refractivity (Wildman–Crippen MR) is 72.0 cm³/mol. The van der Waals surface area contributed by atoms with Gasteiger partial charge in [-0.3, -0.25) is 0 Å². The summed E-state index contributed by atoms with van der Waals surface area (Å²) < 4.78 is 10.1. The van der Waals surface area contributed by atoms with E-state index in [1.807, 2.05) is 0 Å². The maximum Gasteiger partial charge on any atom is 0.416 e. The Morgan fingerprint density at radius 3 is 2.84 bits per heavy atom. The molecule has 102 valence electrons. The first-order valence-corrected chi connectivity index (χ1v) is 6.37. The highest BCUT2D eigenvalue weighted by Crippen LogP contribution is 2.18. The number of hydrogen-bond donors (Lipinski definition) is 0. The summed E-state index contributed by atoms with van der Waals surface area (Å²) in [6.45, 7) is 0.304. The van der Waals surface area contributed by atoms with Crippen LogP contribution in [0.3, 0.4) is 0 Å². The number of carbonyl (C=O) groups excluding carboxylic acids is 1. The number of carbonyl (C=O) groups is 1. The molecule has 1 amide bonds. The first-order chi connectivity index (χ1) is 9.06. The number of nitrogens with zero attached hydrogens (tertiary/aromatic N) is 3. The van der Waals surface area contributed by atoms with Crippen LogP contribution < -0.4 is 4.74 Å². The van der Waals surface area contributed by atoms with Gasteiger partial charge in [-0.15, -0.1) is 6.42 Å². The van der Waals surface area contributed by atoms with Crippen LogP contribution in [-0.4, -0.2) is 47.9 Å². The van der Waals surface area contributed by atoms with Gasteiger partial charge >= 0.3 is 6.09 Å². The SMILES string of the molecule is C#CCSc1nc(COC)cc(OC(=O)N(C)C)n1. The number of hydrogen-bond acceptors (Lipinski definition) is 6. The van der Waals surface area contributed by atoms with Gasteiger partial charge in [-0.05, 0) is 0 Å². The molecular weight excluding hydrogens is 266 g/mol. The molecule has 7 heteroatoms. The lowest BCUT2D eigenvalue weighted by atomic mass is 10.4. The number of aromatic nitrogens is 2. The second-order valence-electron chi connectivity index (χ2n) is 3.67. The molecule has 1 aromatic rings. The normalized spacial score (nSPS) is 9.79. The van der Waals surface area contributed by atoms with Gasteiger partial charge in [0.2, 0.25) is 5.88 Å². The Hall–Kier alpha value is -1.78. The summed E-state index contributed by atoms with van der Waals surface area (Å²) in [6.07, 6.45) is 4.68. The second kappa shape index (κ2) is 7.61. The van der Waals surface area contributed by atoms with Gasteiger partial charge in [0.25, 0.3) is 0 Å². The van der Waals surface area contributed by atoms with E-state index < -0.39 is 6.09 Å². The topological polar surface area (TPSA) is 64.6 Å². The van der Waals surface area contributed by atoms with Crippen molar-refractivity contribution in [3.63, 3.8) is 0 Å². The fourth-order valence-electron chi connectivity index (χ4n) is 1.07. The average Bonchev–Trinajstić information content (AvgIpc) is 2.36. The van der Waals surface area contributed by atoms with Crippen LogP contribution in [0.1, 0.15) is 5.69 Å². The van der Waals surface area contributed by atoms with Crippen LogP contribution in [0.25, 0.3) is 0 Å². The molecule has 0 fully saturated rings. The number of amides is 1. The fourth-order valence-corrected chi connectivity index (χ4v) is 1.62. The molecule has 0 saturated carbocycles. The summed E-state index contributed by atoms with van der Waals surface area (Å²) >= 11 is 1.29. The highest BCUT2D eigenvalue weighted by molar-refractivity contribution is 7.99. The van der Waals surface area contributed by atoms with Gasteiger partial charge in [0.1, 0.15) is 0 Å². The molecule has 1 heterocycles. The Labute approximate surface area is 116 Å². The van der Waals surface area contributed by atoms with Crippen molar-refractivity contribution >= 4 is 17.9 Å². The van der Waals surface area contributed by atoms with Gasteiger partial charge in [0.05, 0.1) is 18.1 Å². The molecule has 0 aliphatic rings. The van der Waals surface area contributed by atoms with E-state index in [4.69, 9.17) is 15.9 Å². The van der Waals surface area contributed by atoms with E-state index in [9.17, 15) is 4.79 Å². The largest absolute Gasteiger partial charge is 0.416 e. The summed E-state index contributed by atoms with van der Waals surface area (Å²) in [5.41, 5.74) is 0.624. The summed E-state index contributed by atoms with van der Waals surface area (Å²) in [5.74, 6) is 3.10. The van der Waals surface area contributed by atoms with Crippen molar-refractivity contribution < 1.29 is 14.3 Å². The molecule has 0 saturated heterocycles. The van der Waals surface area contributed by atoms with Crippen molar-refractivity contribution in [1.82, 2.24) is 14.9 Å². The summed E-state index contributed by atoms with van der Waals surface area (Å²) in [5, 5.41) is 0.453. The number of rotatable bonds is 5. The number of ether oxygens (including phenoxy) is 2. The van der Waals surface area contributed by atoms with Crippen LogP contribution in [0.2, 0.25) is 0 Å². The zero-order valence-electron chi connectivity index (χ0n) is 11.0. The van der Waals surface area contributed by atoms with Crippen LogP contribution >= 0.6 is 11.8 Å². The molecule has 0 radical (unpaired) electrons. The van der Waals surface area contributed by atoms with E-state index in [1.54, 1.807) is 27.3 Å². The summed E-state index contributed by atoms with van der Waals surface area (Å²) in [4.78, 5) is 21.1. The van der Waals surface area contributed by atoms with E-state index in [-0.39, 0.29) is 5.88 Å². The van der Waals surface area contributed by atoms with Gasteiger partial charge in [-0.25, -0.2) is 9.78 Å². The Bertz CT molecular complexity index is 486. The zero-order valence-corrected chi connectivity index (χ0v) is 11.9. The van der Waals surface area contributed by atoms with Crippen molar-refractivity contribution in [1.29, 1.82) is 0 Å². The highest BCUT2D eigenvalue weighted by atomic mass is 32.2. The third kappa shape index (κ3) is 5.16. The lowest BCUT2D eigenvalue weighted by Gasteiger charge is -2.11. The molecule has 0 aromatic carbocycles. The summed E-state index contributed by atoms with van der Waals surface area (Å²) in [7, 11) is 4.74. The molecule has 0 bridgehead atoms. The quantitative estimate of drug-likeness (QED) is 0.462. The smallest absolute Gasteiger partial charge is 0.391 e. The van der Waals surface area contributed by atoms with Crippen LogP contribution in [0.15, 0.2) is 11.2 Å². The van der Waals surface area contributed by atoms with Gasteiger partial charge in [-0.1, -0.05) is 17.7 Å². The highest BCUT2D eigenvalue weighted by Gasteiger charge is 2.11. The van der Waals surface area contributed by atoms with E-state index in [0.29, 0.717) is 23.2 Å². The summed E-state index contributed by atoms with van der Waals surface area (Å²) in [6, 6.07) is 1.56. The molecule has 0 N–H and O–H groups in total. The van der Waals surface area contributed by atoms with Crippen LogP contribution in [0, 0.1) is 12.3 Å². The molecule has 0 aliphatic carbocycles. The fraction of sp³-hybridized carbons (Fsp3) is 0.417. The third-order valence-corrected chi connectivity index (χ3v) is 2.62. The molecule has 0 spiro atoms. The predicted octanol–water partition coefficient (Wildman–Crippen LogP) is 1.41. The van der Waals surface area contributed by atoms with Gasteiger partial charge in [0, 0.05) is 27.3 Å². The van der Waals surface area contributed by atoms with E-state index in [1.165, 1.54) is 16.7 Å². The second-order valence-corrected chi connectivity index (χ2v) is 4.61. The van der Waals surface area contributed by atoms with Crippen LogP contribution in [-0.2, 0) is 11.3 Å². The minimum Gasteiger partial charge on any atom is -0.391 e. The lowest BCUT2D eigenvalue weighted by Crippen LogP contribution is -2.25. The molecule has 1 aromatic heterocycles. The van der Waals surface area contributed by atoms with Crippen molar-refractivity contribution in [3.8, 4) is 18.2 Å². The van der Waals surface area contributed by atoms with Crippen molar-refractivity contribution in [2.24, 2.45) is 0 Å². The molecule has 6 nitrogen and oxygen atoms in total. The average molecular weight is 281 g/mol. The molecular formula is C12H15N3O3S. The maximum absolute atomic E-state index is 11.5. The third-order valence-electron chi connectivity index (χ3n) is 1.87. The molecule has 1 rings (SSSR count). The van der Waals surface area contributed by atoms with Crippen molar-refractivity contribution in [3.05, 3.63) is 11.8 Å². The minimum atomic E-state index is -0.505. The number of terminal acetylenes is 1. The van der Waals surface area contributed by atoms with Gasteiger partial charge < -0.3 is 14.4 Å². The van der Waals surface area contributed by atoms with Gasteiger partial charge in [-0.2, -0.15) is 4.98 Å². The van der Waals surface area contributed by atoms with Crippen molar-refractivity contribution in [2.75, 3.05) is 27.0 Å². The number of thioether (sulfide) groups is 1. The Morgan fingerprint density at radius 2 is 2.26 bits per heavy atom. The first kappa shape index (κ1) is 15.3. The zero-order chi connectivity index (χ0) is 14.3. The molecule has 19 heavy (non-hydrogen) atoms. The Balaban J connectivity index is 2.92. The number of methoxy groups -OCH3 is 1. The minimum absolute atomic E-state index is 0.181. The molecule has 0 aliphatic heterocycles.